The minimum absolute atomic E-state index is 0.218. The molecule has 1 unspecified atom stereocenters. The molecule has 0 bridgehead atoms. The van der Waals surface area contributed by atoms with Crippen molar-refractivity contribution < 1.29 is 4.74 Å². The Balaban J connectivity index is 1.87. The zero-order valence-electron chi connectivity index (χ0n) is 12.8. The van der Waals surface area contributed by atoms with Gasteiger partial charge in [0.25, 0.3) is 0 Å². The van der Waals surface area contributed by atoms with Crippen molar-refractivity contribution in [3.8, 4) is 0 Å². The van der Waals surface area contributed by atoms with E-state index in [1.807, 2.05) is 0 Å². The molecular formula is C18H25NOSe. The Bertz CT molecular complexity index is 481. The van der Waals surface area contributed by atoms with E-state index in [1.165, 1.54) is 15.6 Å². The van der Waals surface area contributed by atoms with Crippen LogP contribution in [-0.2, 0) is 0 Å². The molecule has 1 aromatic rings. The van der Waals surface area contributed by atoms with Gasteiger partial charge in [0, 0.05) is 0 Å². The summed E-state index contributed by atoms with van der Waals surface area (Å²) in [7, 11) is 0. The van der Waals surface area contributed by atoms with E-state index >= 15 is 0 Å². The molecule has 1 heterocycles. The third-order valence-electron chi connectivity index (χ3n) is 3.90. The van der Waals surface area contributed by atoms with Crippen LogP contribution < -0.4 is 4.46 Å². The molecule has 3 heteroatoms. The van der Waals surface area contributed by atoms with Gasteiger partial charge in [0.15, 0.2) is 0 Å². The van der Waals surface area contributed by atoms with Gasteiger partial charge in [-0.3, -0.25) is 0 Å². The fourth-order valence-corrected chi connectivity index (χ4v) is 4.89. The average Bonchev–Trinajstić information content (AvgIpc) is 2.53. The van der Waals surface area contributed by atoms with E-state index < -0.39 is 0 Å². The Kier molecular flexibility index (Phi) is 7.05. The molecule has 0 aliphatic carbocycles. The van der Waals surface area contributed by atoms with Crippen molar-refractivity contribution >= 4 is 25.1 Å². The number of unbranched alkanes of at least 4 members (excludes halogenated alkanes) is 1. The Hall–Kier alpha value is -1.05. The van der Waals surface area contributed by atoms with Crippen LogP contribution >= 0.6 is 0 Å². The van der Waals surface area contributed by atoms with Crippen LogP contribution in [0.3, 0.4) is 0 Å². The summed E-state index contributed by atoms with van der Waals surface area (Å²) < 4.78 is 2.77. The van der Waals surface area contributed by atoms with Crippen molar-refractivity contribution in [1.29, 1.82) is 0 Å². The van der Waals surface area contributed by atoms with Crippen LogP contribution in [-0.4, -0.2) is 31.4 Å². The van der Waals surface area contributed by atoms with Crippen molar-refractivity contribution in [2.45, 2.75) is 56.8 Å². The Morgan fingerprint density at radius 1 is 1.33 bits per heavy atom. The summed E-state index contributed by atoms with van der Waals surface area (Å²) in [4.78, 5) is 0. The van der Waals surface area contributed by atoms with E-state index in [1.54, 1.807) is 0 Å². The molecule has 0 aromatic heterocycles. The first kappa shape index (κ1) is 16.3. The molecule has 114 valence electrons. The molecule has 0 amide bonds. The molecule has 0 saturated heterocycles. The van der Waals surface area contributed by atoms with Gasteiger partial charge in [0.05, 0.1) is 0 Å². The SMILES string of the molecule is C/C=C/CCCC1=[N+]([O-])C(C[Se]c2ccccc2)CCC1. The second kappa shape index (κ2) is 9.07. The van der Waals surface area contributed by atoms with E-state index in [2.05, 4.69) is 49.4 Å². The van der Waals surface area contributed by atoms with E-state index in [9.17, 15) is 5.21 Å². The maximum absolute atomic E-state index is 12.5. The summed E-state index contributed by atoms with van der Waals surface area (Å²) in [5.74, 6) is 0. The molecule has 0 saturated carbocycles. The van der Waals surface area contributed by atoms with Gasteiger partial charge in [0.1, 0.15) is 0 Å². The van der Waals surface area contributed by atoms with Crippen LogP contribution in [0.1, 0.15) is 45.4 Å². The molecule has 1 aliphatic rings. The summed E-state index contributed by atoms with van der Waals surface area (Å²) >= 11 is 0.419. The van der Waals surface area contributed by atoms with Crippen LogP contribution in [0.2, 0.25) is 5.32 Å². The van der Waals surface area contributed by atoms with Crippen LogP contribution in [0.5, 0.6) is 0 Å². The van der Waals surface area contributed by atoms with E-state index in [0.717, 1.165) is 43.1 Å². The van der Waals surface area contributed by atoms with Crippen molar-refractivity contribution in [2.24, 2.45) is 0 Å². The molecule has 2 rings (SSSR count). The number of benzene rings is 1. The third kappa shape index (κ3) is 5.33. The molecule has 0 N–H and O–H groups in total. The monoisotopic (exact) mass is 351 g/mol. The zero-order valence-corrected chi connectivity index (χ0v) is 14.5. The number of hydrogen-bond donors (Lipinski definition) is 0. The minimum atomic E-state index is 0.218. The number of allylic oxidation sites excluding steroid dienone is 2. The van der Waals surface area contributed by atoms with Crippen LogP contribution in [0.25, 0.3) is 0 Å². The second-order valence-electron chi connectivity index (χ2n) is 5.52. The van der Waals surface area contributed by atoms with Gasteiger partial charge in [0.2, 0.25) is 0 Å². The van der Waals surface area contributed by atoms with Gasteiger partial charge in [-0.25, -0.2) is 0 Å². The Labute approximate surface area is 134 Å². The fraction of sp³-hybridized carbons (Fsp3) is 0.500. The van der Waals surface area contributed by atoms with Crippen molar-refractivity contribution in [3.05, 3.63) is 47.7 Å². The van der Waals surface area contributed by atoms with Gasteiger partial charge in [-0.1, -0.05) is 0 Å². The predicted octanol–water partition coefficient (Wildman–Crippen LogP) is 3.68. The van der Waals surface area contributed by atoms with E-state index in [4.69, 9.17) is 0 Å². The van der Waals surface area contributed by atoms with Crippen molar-refractivity contribution in [1.82, 2.24) is 0 Å². The first-order valence-corrected chi connectivity index (χ1v) is 9.98. The average molecular weight is 350 g/mol. The van der Waals surface area contributed by atoms with Crippen molar-refractivity contribution in [2.75, 3.05) is 0 Å². The van der Waals surface area contributed by atoms with Gasteiger partial charge < -0.3 is 0 Å². The first-order valence-electron chi connectivity index (χ1n) is 7.91. The van der Waals surface area contributed by atoms with Gasteiger partial charge >= 0.3 is 134 Å². The number of hydroxylamine groups is 1. The summed E-state index contributed by atoms with van der Waals surface area (Å²) in [5.41, 5.74) is 1.14. The second-order valence-corrected chi connectivity index (χ2v) is 7.82. The van der Waals surface area contributed by atoms with Gasteiger partial charge in [-0.05, 0) is 0 Å². The number of hydrogen-bond acceptors (Lipinski definition) is 1. The molecule has 1 atom stereocenters. The zero-order chi connectivity index (χ0) is 14.9. The molecule has 1 aliphatic heterocycles. The molecular weight excluding hydrogens is 325 g/mol. The Morgan fingerprint density at radius 2 is 2.14 bits per heavy atom. The quantitative estimate of drug-likeness (QED) is 0.242. The summed E-state index contributed by atoms with van der Waals surface area (Å²) in [5, 5.41) is 13.5. The van der Waals surface area contributed by atoms with Crippen LogP contribution in [0.4, 0.5) is 0 Å². The van der Waals surface area contributed by atoms with Crippen LogP contribution in [0.15, 0.2) is 42.5 Å². The van der Waals surface area contributed by atoms with E-state index in [-0.39, 0.29) is 6.04 Å². The molecule has 0 spiro atoms. The molecule has 0 radical (unpaired) electrons. The van der Waals surface area contributed by atoms with Crippen LogP contribution in [0, 0.1) is 5.21 Å². The predicted molar refractivity (Wildman–Crippen MR) is 91.6 cm³/mol. The first-order chi connectivity index (χ1) is 10.3. The summed E-state index contributed by atoms with van der Waals surface area (Å²) in [6, 6.07) is 10.8. The van der Waals surface area contributed by atoms with Gasteiger partial charge in [-0.2, -0.15) is 0 Å². The third-order valence-corrected chi connectivity index (χ3v) is 6.33. The summed E-state index contributed by atoms with van der Waals surface area (Å²) in [6.07, 6.45) is 10.7. The molecule has 0 fully saturated rings. The molecule has 21 heavy (non-hydrogen) atoms. The Morgan fingerprint density at radius 3 is 2.90 bits per heavy atom. The van der Waals surface area contributed by atoms with E-state index in [0.29, 0.717) is 15.0 Å². The standard InChI is InChI=1S/C18H25NOSe/c1-2-3-4-6-10-16-11-9-12-17(19(16)20)15-21-18-13-7-5-8-14-18/h2-3,5,7-8,13-14,17H,4,6,9-12,15H2,1H3/b3-2+. The maximum atomic E-state index is 12.5. The fourth-order valence-electron chi connectivity index (χ4n) is 2.71. The van der Waals surface area contributed by atoms with Crippen molar-refractivity contribution in [3.63, 3.8) is 0 Å². The number of rotatable bonds is 7. The molecule has 1 aromatic carbocycles. The number of nitrogens with zero attached hydrogens (tertiary/aromatic N) is 1. The normalized spacial score (nSPS) is 19.4. The topological polar surface area (TPSA) is 26.1 Å². The van der Waals surface area contributed by atoms with Gasteiger partial charge in [-0.15, -0.1) is 0 Å². The molecule has 2 nitrogen and oxygen atoms in total. The summed E-state index contributed by atoms with van der Waals surface area (Å²) in [6.45, 7) is 2.05.